The van der Waals surface area contributed by atoms with Crippen molar-refractivity contribution < 1.29 is 18.6 Å². The Labute approximate surface area is 172 Å². The van der Waals surface area contributed by atoms with Gasteiger partial charge in [-0.2, -0.15) is 0 Å². The van der Waals surface area contributed by atoms with Crippen molar-refractivity contribution in [3.05, 3.63) is 53.8 Å². The number of benzene rings is 2. The Morgan fingerprint density at radius 2 is 1.90 bits per heavy atom. The molecule has 0 saturated carbocycles. The van der Waals surface area contributed by atoms with Gasteiger partial charge < -0.3 is 19.1 Å². The summed E-state index contributed by atoms with van der Waals surface area (Å²) in [6.07, 6.45) is 2.27. The van der Waals surface area contributed by atoms with E-state index in [0.29, 0.717) is 24.4 Å². The Morgan fingerprint density at radius 1 is 1.10 bits per heavy atom. The molecule has 2 aliphatic heterocycles. The Balaban J connectivity index is 1.45. The summed E-state index contributed by atoms with van der Waals surface area (Å²) in [4.78, 5) is 2.55. The van der Waals surface area contributed by atoms with Gasteiger partial charge in [-0.15, -0.1) is 0 Å². The van der Waals surface area contributed by atoms with Crippen molar-refractivity contribution in [2.75, 3.05) is 33.0 Å². The number of nitrogens with zero attached hydrogens (tertiary/aromatic N) is 1. The second kappa shape index (κ2) is 9.04. The fraction of sp³-hybridized carbons (Fsp3) is 0.500. The van der Waals surface area contributed by atoms with Gasteiger partial charge in [-0.1, -0.05) is 26.0 Å². The highest BCUT2D eigenvalue weighted by Gasteiger charge is 2.31. The van der Waals surface area contributed by atoms with Gasteiger partial charge in [-0.25, -0.2) is 4.39 Å². The average molecular weight is 400 g/mol. The van der Waals surface area contributed by atoms with Crippen LogP contribution in [0.3, 0.4) is 0 Å². The second-order valence-electron chi connectivity index (χ2n) is 8.52. The minimum Gasteiger partial charge on any atom is -0.493 e. The van der Waals surface area contributed by atoms with Gasteiger partial charge in [0, 0.05) is 18.5 Å². The summed E-state index contributed by atoms with van der Waals surface area (Å²) < 4.78 is 30.4. The van der Waals surface area contributed by atoms with Gasteiger partial charge in [0.25, 0.3) is 0 Å². The number of fused-ring (bicyclic) bond motifs is 1. The molecule has 0 amide bonds. The van der Waals surface area contributed by atoms with Crippen molar-refractivity contribution >= 4 is 0 Å². The zero-order chi connectivity index (χ0) is 20.2. The summed E-state index contributed by atoms with van der Waals surface area (Å²) in [7, 11) is 0. The Bertz CT molecular complexity index is 808. The number of likely N-dealkylation sites (tertiary alicyclic amines) is 1. The van der Waals surface area contributed by atoms with E-state index in [1.54, 1.807) is 12.1 Å². The topological polar surface area (TPSA) is 30.9 Å². The first-order chi connectivity index (χ1) is 14.1. The van der Waals surface area contributed by atoms with Gasteiger partial charge in [-0.3, -0.25) is 0 Å². The monoisotopic (exact) mass is 399 g/mol. The molecular formula is C24H30FNO3. The van der Waals surface area contributed by atoms with Gasteiger partial charge in [0.05, 0.1) is 6.61 Å². The molecule has 2 atom stereocenters. The molecule has 29 heavy (non-hydrogen) atoms. The van der Waals surface area contributed by atoms with E-state index in [1.807, 2.05) is 30.3 Å². The molecule has 0 aromatic heterocycles. The number of hydrogen-bond donors (Lipinski definition) is 0. The van der Waals surface area contributed by atoms with E-state index >= 15 is 0 Å². The number of ether oxygens (including phenoxy) is 3. The summed E-state index contributed by atoms with van der Waals surface area (Å²) in [5, 5.41) is 0. The van der Waals surface area contributed by atoms with Crippen LogP contribution in [0.25, 0.3) is 0 Å². The first-order valence-electron chi connectivity index (χ1n) is 10.6. The van der Waals surface area contributed by atoms with Crippen molar-refractivity contribution in [3.63, 3.8) is 0 Å². The van der Waals surface area contributed by atoms with E-state index in [4.69, 9.17) is 14.2 Å². The first-order valence-corrected chi connectivity index (χ1v) is 10.6. The molecule has 0 unspecified atom stereocenters. The Morgan fingerprint density at radius 3 is 2.69 bits per heavy atom. The fourth-order valence-corrected chi connectivity index (χ4v) is 4.24. The van der Waals surface area contributed by atoms with Crippen LogP contribution in [-0.4, -0.2) is 37.9 Å². The highest BCUT2D eigenvalue weighted by atomic mass is 19.1. The van der Waals surface area contributed by atoms with Crippen LogP contribution in [0.2, 0.25) is 0 Å². The maximum Gasteiger partial charge on any atom is 0.231 e. The van der Waals surface area contributed by atoms with E-state index in [0.717, 1.165) is 43.3 Å². The Kier molecular flexibility index (Phi) is 6.24. The van der Waals surface area contributed by atoms with Crippen LogP contribution in [-0.2, 0) is 0 Å². The number of rotatable bonds is 7. The van der Waals surface area contributed by atoms with Crippen LogP contribution in [0.4, 0.5) is 4.39 Å². The van der Waals surface area contributed by atoms with E-state index in [-0.39, 0.29) is 12.6 Å². The third-order valence-electron chi connectivity index (χ3n) is 5.95. The first kappa shape index (κ1) is 20.0. The molecule has 1 saturated heterocycles. The normalized spacial score (nSPS) is 21.5. The Hall–Kier alpha value is -2.27. The maximum atomic E-state index is 13.4. The lowest BCUT2D eigenvalue weighted by Crippen LogP contribution is -2.42. The molecule has 156 valence electrons. The lowest BCUT2D eigenvalue weighted by molar-refractivity contribution is 0.107. The third-order valence-corrected chi connectivity index (χ3v) is 5.95. The molecule has 2 aromatic carbocycles. The molecule has 2 aliphatic rings. The van der Waals surface area contributed by atoms with Crippen molar-refractivity contribution in [3.8, 4) is 17.2 Å². The minimum absolute atomic E-state index is 0.184. The summed E-state index contributed by atoms with van der Waals surface area (Å²) in [6.45, 7) is 8.62. The quantitative estimate of drug-likeness (QED) is 0.649. The lowest BCUT2D eigenvalue weighted by atomic mass is 9.80. The van der Waals surface area contributed by atoms with Crippen molar-refractivity contribution in [2.24, 2.45) is 11.8 Å². The van der Waals surface area contributed by atoms with Gasteiger partial charge in [0.15, 0.2) is 11.5 Å². The van der Waals surface area contributed by atoms with E-state index in [1.165, 1.54) is 12.0 Å². The van der Waals surface area contributed by atoms with Crippen molar-refractivity contribution in [2.45, 2.75) is 32.6 Å². The highest BCUT2D eigenvalue weighted by molar-refractivity contribution is 5.46. The summed E-state index contributed by atoms with van der Waals surface area (Å²) >= 11 is 0. The van der Waals surface area contributed by atoms with Gasteiger partial charge in [0.1, 0.15) is 11.6 Å². The van der Waals surface area contributed by atoms with Crippen LogP contribution in [0, 0.1) is 17.7 Å². The summed E-state index contributed by atoms with van der Waals surface area (Å²) in [5.74, 6) is 3.54. The molecule has 2 aromatic rings. The van der Waals surface area contributed by atoms with Crippen LogP contribution < -0.4 is 14.2 Å². The lowest BCUT2D eigenvalue weighted by Gasteiger charge is -2.39. The van der Waals surface area contributed by atoms with Crippen LogP contribution in [0.5, 0.6) is 17.2 Å². The SMILES string of the molecule is CC(C)CCN1CC[C@H](c2ccc(F)cc2)[C@@H](COc2ccc3c(c2)OCO3)C1. The van der Waals surface area contributed by atoms with Crippen molar-refractivity contribution in [1.29, 1.82) is 0 Å². The number of halogens is 1. The number of piperidine rings is 1. The predicted octanol–water partition coefficient (Wildman–Crippen LogP) is 5.09. The molecule has 5 heteroatoms. The van der Waals surface area contributed by atoms with E-state index in [9.17, 15) is 4.39 Å². The number of hydrogen-bond acceptors (Lipinski definition) is 4. The van der Waals surface area contributed by atoms with Gasteiger partial charge >= 0.3 is 0 Å². The molecule has 2 heterocycles. The minimum atomic E-state index is -0.184. The predicted molar refractivity (Wildman–Crippen MR) is 111 cm³/mol. The largest absolute Gasteiger partial charge is 0.493 e. The fourth-order valence-electron chi connectivity index (χ4n) is 4.24. The molecule has 0 spiro atoms. The molecule has 4 rings (SSSR count). The van der Waals surface area contributed by atoms with Gasteiger partial charge in [0.2, 0.25) is 6.79 Å². The molecule has 0 radical (unpaired) electrons. The van der Waals surface area contributed by atoms with E-state index < -0.39 is 0 Å². The van der Waals surface area contributed by atoms with Crippen LogP contribution >= 0.6 is 0 Å². The molecule has 1 fully saturated rings. The van der Waals surface area contributed by atoms with Crippen molar-refractivity contribution in [1.82, 2.24) is 4.90 Å². The second-order valence-corrected chi connectivity index (χ2v) is 8.52. The molecule has 4 nitrogen and oxygen atoms in total. The smallest absolute Gasteiger partial charge is 0.231 e. The standard InChI is InChI=1S/C24H30FNO3/c1-17(2)9-11-26-12-10-22(18-3-5-20(25)6-4-18)19(14-26)15-27-21-7-8-23-24(13-21)29-16-28-23/h3-8,13,17,19,22H,9-12,14-16H2,1-2H3/t19-,22-/m1/s1. The zero-order valence-corrected chi connectivity index (χ0v) is 17.3. The third kappa shape index (κ3) is 5.02. The molecule has 0 aliphatic carbocycles. The molecule has 0 N–H and O–H groups in total. The summed E-state index contributed by atoms with van der Waals surface area (Å²) in [5.41, 5.74) is 1.20. The van der Waals surface area contributed by atoms with E-state index in [2.05, 4.69) is 18.7 Å². The average Bonchev–Trinajstić information content (AvgIpc) is 3.19. The highest BCUT2D eigenvalue weighted by Crippen LogP contribution is 2.37. The van der Waals surface area contributed by atoms with Crippen LogP contribution in [0.1, 0.15) is 38.2 Å². The maximum absolute atomic E-state index is 13.4. The molecular weight excluding hydrogens is 369 g/mol. The van der Waals surface area contributed by atoms with Crippen LogP contribution in [0.15, 0.2) is 42.5 Å². The van der Waals surface area contributed by atoms with Gasteiger partial charge in [-0.05, 0) is 67.6 Å². The summed E-state index contributed by atoms with van der Waals surface area (Å²) in [6, 6.07) is 12.7. The zero-order valence-electron chi connectivity index (χ0n) is 17.3. The molecule has 0 bridgehead atoms.